The highest BCUT2D eigenvalue weighted by molar-refractivity contribution is 7.99. The highest BCUT2D eigenvalue weighted by Gasteiger charge is 2.41. The summed E-state index contributed by atoms with van der Waals surface area (Å²) in [5.74, 6) is 0.238. The topological polar surface area (TPSA) is 82.4 Å². The van der Waals surface area contributed by atoms with Crippen molar-refractivity contribution in [1.29, 1.82) is 0 Å². The fourth-order valence-corrected chi connectivity index (χ4v) is 5.62. The molecule has 2 aliphatic heterocycles. The largest absolute Gasteiger partial charge is 0.383 e. The van der Waals surface area contributed by atoms with Gasteiger partial charge in [0.2, 0.25) is 0 Å². The monoisotopic (exact) mass is 485 g/mol. The zero-order valence-corrected chi connectivity index (χ0v) is 20.2. The van der Waals surface area contributed by atoms with Crippen LogP contribution in [0.15, 0.2) is 45.6 Å². The third kappa shape index (κ3) is 4.54. The van der Waals surface area contributed by atoms with Gasteiger partial charge in [-0.3, -0.25) is 9.36 Å². The normalized spacial score (nSPS) is 19.9. The van der Waals surface area contributed by atoms with Crippen LogP contribution in [-0.2, 0) is 16.0 Å². The van der Waals surface area contributed by atoms with Gasteiger partial charge in [-0.15, -0.1) is 0 Å². The van der Waals surface area contributed by atoms with Gasteiger partial charge in [0.05, 0.1) is 55.0 Å². The van der Waals surface area contributed by atoms with E-state index in [9.17, 15) is 4.79 Å². The molecule has 5 rings (SSSR count). The number of piperidine rings is 1. The molecule has 0 bridgehead atoms. The Morgan fingerprint density at radius 3 is 2.74 bits per heavy atom. The van der Waals surface area contributed by atoms with Crippen LogP contribution >= 0.6 is 11.8 Å². The van der Waals surface area contributed by atoms with E-state index >= 15 is 4.39 Å². The average Bonchev–Trinajstić information content (AvgIpc) is 3.21. The van der Waals surface area contributed by atoms with Crippen LogP contribution in [0.25, 0.3) is 10.9 Å². The summed E-state index contributed by atoms with van der Waals surface area (Å²) >= 11 is 1.15. The maximum absolute atomic E-state index is 15.3. The standard InChI is InChI=1S/C24H28FN5O3S/c1-16-11-24(14-33-16)5-7-29(8-6-24)19-12-27-20(13-26-19)34-18-4-3-17-21(22(18)25)23(31)30(15-28-17)9-10-32-2/h3-4,12-13,15-16H,5-11,14H2,1-2H3/t16-/m0/s1. The number of aromatic nitrogens is 4. The minimum absolute atomic E-state index is 0.0272. The van der Waals surface area contributed by atoms with Gasteiger partial charge in [0.25, 0.3) is 5.56 Å². The molecule has 4 heterocycles. The first-order valence-electron chi connectivity index (χ1n) is 11.5. The van der Waals surface area contributed by atoms with Crippen LogP contribution in [0.3, 0.4) is 0 Å². The number of anilines is 1. The number of methoxy groups -OCH3 is 1. The first-order chi connectivity index (χ1) is 16.5. The fourth-order valence-electron chi connectivity index (χ4n) is 4.86. The van der Waals surface area contributed by atoms with E-state index in [1.165, 1.54) is 10.9 Å². The molecule has 2 saturated heterocycles. The number of benzene rings is 1. The van der Waals surface area contributed by atoms with Gasteiger partial charge in [0.1, 0.15) is 16.2 Å². The van der Waals surface area contributed by atoms with E-state index in [1.807, 2.05) is 0 Å². The Morgan fingerprint density at radius 1 is 1.24 bits per heavy atom. The van der Waals surface area contributed by atoms with Crippen LogP contribution in [0.5, 0.6) is 0 Å². The molecule has 0 radical (unpaired) electrons. The van der Waals surface area contributed by atoms with Crippen molar-refractivity contribution in [2.24, 2.45) is 5.41 Å². The predicted octanol–water partition coefficient (Wildman–Crippen LogP) is 3.52. The summed E-state index contributed by atoms with van der Waals surface area (Å²) in [7, 11) is 1.55. The first-order valence-corrected chi connectivity index (χ1v) is 12.3. The third-order valence-corrected chi connectivity index (χ3v) is 7.76. The molecule has 0 N–H and O–H groups in total. The molecule has 0 unspecified atom stereocenters. The quantitative estimate of drug-likeness (QED) is 0.525. The summed E-state index contributed by atoms with van der Waals surface area (Å²) in [6.45, 7) is 5.52. The lowest BCUT2D eigenvalue weighted by Gasteiger charge is -2.38. The summed E-state index contributed by atoms with van der Waals surface area (Å²) in [6, 6.07) is 3.28. The zero-order chi connectivity index (χ0) is 23.7. The third-order valence-electron chi connectivity index (χ3n) is 6.80. The summed E-state index contributed by atoms with van der Waals surface area (Å²) in [5, 5.41) is 0.540. The lowest BCUT2D eigenvalue weighted by Crippen LogP contribution is -2.41. The second kappa shape index (κ2) is 9.59. The van der Waals surface area contributed by atoms with Gasteiger partial charge in [-0.2, -0.15) is 0 Å². The number of ether oxygens (including phenoxy) is 2. The van der Waals surface area contributed by atoms with Crippen molar-refractivity contribution < 1.29 is 13.9 Å². The molecule has 10 heteroatoms. The smallest absolute Gasteiger partial charge is 0.264 e. The van der Waals surface area contributed by atoms with Crippen molar-refractivity contribution in [2.75, 3.05) is 38.3 Å². The van der Waals surface area contributed by atoms with E-state index in [-0.39, 0.29) is 5.39 Å². The minimum Gasteiger partial charge on any atom is -0.383 e. The highest BCUT2D eigenvalue weighted by Crippen LogP contribution is 2.42. The summed E-state index contributed by atoms with van der Waals surface area (Å²) in [6.07, 6.45) is 8.49. The van der Waals surface area contributed by atoms with Crippen molar-refractivity contribution in [3.8, 4) is 0 Å². The van der Waals surface area contributed by atoms with Gasteiger partial charge in [-0.05, 0) is 43.7 Å². The van der Waals surface area contributed by atoms with Crippen molar-refractivity contribution in [3.05, 3.63) is 47.0 Å². The molecular formula is C24H28FN5O3S. The van der Waals surface area contributed by atoms with Crippen LogP contribution in [0, 0.1) is 11.2 Å². The van der Waals surface area contributed by atoms with E-state index < -0.39 is 11.4 Å². The van der Waals surface area contributed by atoms with Crippen molar-refractivity contribution >= 4 is 28.5 Å². The summed E-state index contributed by atoms with van der Waals surface area (Å²) < 4.78 is 27.5. The maximum Gasteiger partial charge on any atom is 0.264 e. The van der Waals surface area contributed by atoms with Crippen LogP contribution in [0.2, 0.25) is 0 Å². The number of hydrogen-bond donors (Lipinski definition) is 0. The Balaban J connectivity index is 1.30. The number of nitrogens with zero attached hydrogens (tertiary/aromatic N) is 5. The second-order valence-electron chi connectivity index (χ2n) is 9.14. The van der Waals surface area contributed by atoms with Gasteiger partial charge in [0, 0.05) is 20.2 Å². The Morgan fingerprint density at radius 2 is 2.06 bits per heavy atom. The molecule has 0 aliphatic carbocycles. The molecule has 2 aromatic heterocycles. The molecule has 0 amide bonds. The van der Waals surface area contributed by atoms with E-state index in [0.29, 0.717) is 40.1 Å². The average molecular weight is 486 g/mol. The van der Waals surface area contributed by atoms with Gasteiger partial charge in [-0.1, -0.05) is 11.8 Å². The van der Waals surface area contributed by atoms with Crippen LogP contribution in [-0.4, -0.2) is 59.0 Å². The highest BCUT2D eigenvalue weighted by atomic mass is 32.2. The molecule has 1 spiro atoms. The van der Waals surface area contributed by atoms with E-state index in [2.05, 4.69) is 26.8 Å². The SMILES string of the molecule is COCCn1cnc2ccc(Sc3cnc(N4CCC5(CC4)CO[C@@H](C)C5)cn3)c(F)c2c1=O. The zero-order valence-electron chi connectivity index (χ0n) is 19.4. The van der Waals surface area contributed by atoms with E-state index in [0.717, 1.165) is 56.5 Å². The maximum atomic E-state index is 15.3. The van der Waals surface area contributed by atoms with Crippen LogP contribution < -0.4 is 10.5 Å². The fraction of sp³-hybridized carbons (Fsp3) is 0.500. The number of halogens is 1. The Hall–Kier alpha value is -2.56. The predicted molar refractivity (Wildman–Crippen MR) is 128 cm³/mol. The van der Waals surface area contributed by atoms with E-state index in [4.69, 9.17) is 9.47 Å². The molecule has 8 nitrogen and oxygen atoms in total. The summed E-state index contributed by atoms with van der Waals surface area (Å²) in [5.41, 5.74) is 0.212. The van der Waals surface area contributed by atoms with Crippen LogP contribution in [0.1, 0.15) is 26.2 Å². The molecule has 3 aromatic rings. The van der Waals surface area contributed by atoms with Gasteiger partial charge < -0.3 is 14.4 Å². The van der Waals surface area contributed by atoms with E-state index in [1.54, 1.807) is 31.6 Å². The minimum atomic E-state index is -0.591. The molecule has 1 atom stereocenters. The Labute approximate surface area is 201 Å². The molecule has 2 aliphatic rings. The molecule has 0 saturated carbocycles. The second-order valence-corrected chi connectivity index (χ2v) is 10.2. The van der Waals surface area contributed by atoms with Crippen molar-refractivity contribution in [3.63, 3.8) is 0 Å². The Bertz CT molecular complexity index is 1230. The lowest BCUT2D eigenvalue weighted by atomic mass is 9.77. The van der Waals surface area contributed by atoms with Crippen molar-refractivity contribution in [2.45, 2.75) is 48.8 Å². The number of hydrogen-bond acceptors (Lipinski definition) is 8. The Kier molecular flexibility index (Phi) is 6.54. The van der Waals surface area contributed by atoms with Gasteiger partial charge >= 0.3 is 0 Å². The molecule has 34 heavy (non-hydrogen) atoms. The molecule has 1 aromatic carbocycles. The molecule has 2 fully saturated rings. The number of rotatable bonds is 6. The molecule has 180 valence electrons. The van der Waals surface area contributed by atoms with Gasteiger partial charge in [-0.25, -0.2) is 19.3 Å². The van der Waals surface area contributed by atoms with Gasteiger partial charge in [0.15, 0.2) is 5.82 Å². The summed E-state index contributed by atoms with van der Waals surface area (Å²) in [4.78, 5) is 28.6. The lowest BCUT2D eigenvalue weighted by molar-refractivity contribution is 0.0976. The molecular weight excluding hydrogens is 457 g/mol. The number of fused-ring (bicyclic) bond motifs is 1. The first kappa shape index (κ1) is 23.2. The van der Waals surface area contributed by atoms with Crippen LogP contribution in [0.4, 0.5) is 10.2 Å². The van der Waals surface area contributed by atoms with Crippen molar-refractivity contribution in [1.82, 2.24) is 19.5 Å².